The molecular weight excluding hydrogens is 332 g/mol. The highest BCUT2D eigenvalue weighted by Crippen LogP contribution is 2.27. The molecule has 0 saturated carbocycles. The monoisotopic (exact) mass is 348 g/mol. The first-order chi connectivity index (χ1) is 11.3. The first-order valence-corrected chi connectivity index (χ1v) is 7.64. The number of non-ortho nitro benzene ring substituents is 1. The van der Waals surface area contributed by atoms with Crippen LogP contribution in [0.3, 0.4) is 0 Å². The number of carbonyl (C=O) groups is 1. The zero-order chi connectivity index (χ0) is 17.9. The molecule has 0 aliphatic rings. The van der Waals surface area contributed by atoms with Gasteiger partial charge >= 0.3 is 0 Å². The van der Waals surface area contributed by atoms with E-state index < -0.39 is 16.9 Å². The molecule has 0 heterocycles. The van der Waals surface area contributed by atoms with Crippen LogP contribution in [-0.2, 0) is 4.79 Å². The van der Waals surface area contributed by atoms with Gasteiger partial charge in [0.05, 0.1) is 15.6 Å². The molecule has 0 aromatic heterocycles. The fourth-order valence-electron chi connectivity index (χ4n) is 2.04. The number of benzene rings is 2. The van der Waals surface area contributed by atoms with E-state index in [9.17, 15) is 14.9 Å². The highest BCUT2D eigenvalue weighted by molar-refractivity contribution is 6.32. The van der Waals surface area contributed by atoms with Gasteiger partial charge in [0.25, 0.3) is 11.6 Å². The maximum atomic E-state index is 12.3. The Morgan fingerprint density at radius 1 is 1.25 bits per heavy atom. The third-order valence-electron chi connectivity index (χ3n) is 3.45. The summed E-state index contributed by atoms with van der Waals surface area (Å²) in [6.07, 6.45) is -0.817. The normalized spacial score (nSPS) is 11.7. The maximum Gasteiger partial charge on any atom is 0.271 e. The Balaban J connectivity index is 2.13. The molecule has 1 N–H and O–H groups in total. The fourth-order valence-corrected chi connectivity index (χ4v) is 2.20. The van der Waals surface area contributed by atoms with Gasteiger partial charge in [0.2, 0.25) is 0 Å². The second-order valence-electron chi connectivity index (χ2n) is 5.44. The molecule has 0 bridgehead atoms. The lowest BCUT2D eigenvalue weighted by atomic mass is 10.1. The molecule has 24 heavy (non-hydrogen) atoms. The molecule has 0 radical (unpaired) electrons. The predicted octanol–water partition coefficient (Wildman–Crippen LogP) is 4.27. The number of carbonyl (C=O) groups excluding carboxylic acids is 1. The molecule has 2 aromatic carbocycles. The Morgan fingerprint density at radius 3 is 2.62 bits per heavy atom. The van der Waals surface area contributed by atoms with Gasteiger partial charge in [-0.15, -0.1) is 0 Å². The molecule has 1 unspecified atom stereocenters. The number of nitrogens with one attached hydrogen (secondary N) is 1. The van der Waals surface area contributed by atoms with Crippen LogP contribution < -0.4 is 10.1 Å². The Kier molecular flexibility index (Phi) is 5.41. The highest BCUT2D eigenvalue weighted by Gasteiger charge is 2.18. The van der Waals surface area contributed by atoms with E-state index in [1.807, 2.05) is 13.0 Å². The summed E-state index contributed by atoms with van der Waals surface area (Å²) in [6.45, 7) is 5.23. The predicted molar refractivity (Wildman–Crippen MR) is 92.7 cm³/mol. The van der Waals surface area contributed by atoms with Gasteiger partial charge < -0.3 is 10.1 Å². The smallest absolute Gasteiger partial charge is 0.271 e. The van der Waals surface area contributed by atoms with Crippen molar-refractivity contribution in [2.24, 2.45) is 0 Å². The lowest BCUT2D eigenvalue weighted by molar-refractivity contribution is -0.384. The third-order valence-corrected chi connectivity index (χ3v) is 3.76. The number of hydrogen-bond acceptors (Lipinski definition) is 4. The van der Waals surface area contributed by atoms with Gasteiger partial charge in [-0.1, -0.05) is 23.7 Å². The zero-order valence-electron chi connectivity index (χ0n) is 13.5. The Labute approximate surface area is 144 Å². The number of rotatable bonds is 5. The molecule has 0 fully saturated rings. The lowest BCUT2D eigenvalue weighted by Crippen LogP contribution is -2.30. The summed E-state index contributed by atoms with van der Waals surface area (Å²) in [7, 11) is 0. The van der Waals surface area contributed by atoms with E-state index in [0.29, 0.717) is 16.5 Å². The zero-order valence-corrected chi connectivity index (χ0v) is 14.3. The van der Waals surface area contributed by atoms with E-state index in [-0.39, 0.29) is 5.69 Å². The minimum absolute atomic E-state index is 0.0915. The van der Waals surface area contributed by atoms with Gasteiger partial charge in [0.15, 0.2) is 6.10 Å². The second-order valence-corrected chi connectivity index (χ2v) is 5.85. The van der Waals surface area contributed by atoms with Crippen LogP contribution in [0.2, 0.25) is 5.02 Å². The topological polar surface area (TPSA) is 81.5 Å². The molecule has 0 aliphatic heterocycles. The number of nitro groups is 1. The van der Waals surface area contributed by atoms with E-state index in [1.165, 1.54) is 12.1 Å². The van der Waals surface area contributed by atoms with Gasteiger partial charge in [-0.3, -0.25) is 14.9 Å². The van der Waals surface area contributed by atoms with Crippen molar-refractivity contribution in [3.05, 3.63) is 62.7 Å². The summed E-state index contributed by atoms with van der Waals surface area (Å²) in [5, 5.41) is 13.9. The molecule has 1 amide bonds. The standard InChI is InChI=1S/C17H17ClN2O4/c1-10-4-7-14(18)16(8-10)24-12(3)17(21)19-15-9-13(20(22)23)6-5-11(15)2/h4-9,12H,1-3H3,(H,19,21). The van der Waals surface area contributed by atoms with Crippen LogP contribution in [0.5, 0.6) is 5.75 Å². The van der Waals surface area contributed by atoms with Gasteiger partial charge in [-0.2, -0.15) is 0 Å². The van der Waals surface area contributed by atoms with Crippen LogP contribution in [-0.4, -0.2) is 16.9 Å². The number of hydrogen-bond donors (Lipinski definition) is 1. The van der Waals surface area contributed by atoms with Gasteiger partial charge in [0.1, 0.15) is 5.75 Å². The van der Waals surface area contributed by atoms with Crippen molar-refractivity contribution in [1.82, 2.24) is 0 Å². The van der Waals surface area contributed by atoms with Crippen LogP contribution in [0.1, 0.15) is 18.1 Å². The Hall–Kier alpha value is -2.60. The number of nitrogens with zero attached hydrogens (tertiary/aromatic N) is 1. The van der Waals surface area contributed by atoms with Crippen molar-refractivity contribution in [3.63, 3.8) is 0 Å². The lowest BCUT2D eigenvalue weighted by Gasteiger charge is -2.17. The molecule has 0 spiro atoms. The fraction of sp³-hybridized carbons (Fsp3) is 0.235. The Bertz CT molecular complexity index is 792. The average molecular weight is 349 g/mol. The second kappa shape index (κ2) is 7.31. The molecule has 0 saturated heterocycles. The highest BCUT2D eigenvalue weighted by atomic mass is 35.5. The van der Waals surface area contributed by atoms with Crippen LogP contribution in [0.4, 0.5) is 11.4 Å². The molecule has 2 rings (SSSR count). The van der Waals surface area contributed by atoms with E-state index in [2.05, 4.69) is 5.32 Å². The quantitative estimate of drug-likeness (QED) is 0.646. The van der Waals surface area contributed by atoms with Crippen molar-refractivity contribution in [2.75, 3.05) is 5.32 Å². The third kappa shape index (κ3) is 4.23. The molecular formula is C17H17ClN2O4. The molecule has 1 atom stereocenters. The van der Waals surface area contributed by atoms with Gasteiger partial charge in [-0.25, -0.2) is 0 Å². The van der Waals surface area contributed by atoms with Gasteiger partial charge in [-0.05, 0) is 44.0 Å². The number of aryl methyl sites for hydroxylation is 2. The number of halogens is 1. The van der Waals surface area contributed by atoms with Crippen molar-refractivity contribution < 1.29 is 14.5 Å². The average Bonchev–Trinajstić information content (AvgIpc) is 2.52. The molecule has 7 heteroatoms. The van der Waals surface area contributed by atoms with Crippen molar-refractivity contribution >= 4 is 28.9 Å². The van der Waals surface area contributed by atoms with E-state index >= 15 is 0 Å². The number of ether oxygens (including phenoxy) is 1. The molecule has 0 aliphatic carbocycles. The summed E-state index contributed by atoms with van der Waals surface area (Å²) in [5.41, 5.74) is 1.96. The molecule has 6 nitrogen and oxygen atoms in total. The summed E-state index contributed by atoms with van der Waals surface area (Å²) in [5.74, 6) is -0.00810. The van der Waals surface area contributed by atoms with E-state index in [0.717, 1.165) is 11.1 Å². The first-order valence-electron chi connectivity index (χ1n) is 7.26. The van der Waals surface area contributed by atoms with Crippen molar-refractivity contribution in [3.8, 4) is 5.75 Å². The number of amides is 1. The summed E-state index contributed by atoms with van der Waals surface area (Å²) >= 11 is 6.05. The first kappa shape index (κ1) is 17.7. The molecule has 126 valence electrons. The summed E-state index contributed by atoms with van der Waals surface area (Å²) < 4.78 is 5.60. The van der Waals surface area contributed by atoms with Crippen molar-refractivity contribution in [1.29, 1.82) is 0 Å². The minimum atomic E-state index is -0.817. The van der Waals surface area contributed by atoms with Crippen LogP contribution >= 0.6 is 11.6 Å². The van der Waals surface area contributed by atoms with E-state index in [1.54, 1.807) is 32.0 Å². The number of anilines is 1. The maximum absolute atomic E-state index is 12.3. The van der Waals surface area contributed by atoms with Gasteiger partial charge in [0, 0.05) is 12.1 Å². The Morgan fingerprint density at radius 2 is 1.96 bits per heavy atom. The van der Waals surface area contributed by atoms with Crippen molar-refractivity contribution in [2.45, 2.75) is 26.9 Å². The molecule has 2 aromatic rings. The summed E-state index contributed by atoms with van der Waals surface area (Å²) in [6, 6.07) is 9.56. The summed E-state index contributed by atoms with van der Waals surface area (Å²) in [4.78, 5) is 22.6. The van der Waals surface area contributed by atoms with Crippen LogP contribution in [0.25, 0.3) is 0 Å². The number of nitro benzene ring substituents is 1. The SMILES string of the molecule is Cc1ccc(Cl)c(OC(C)C(=O)Nc2cc([N+](=O)[O-])ccc2C)c1. The van der Waals surface area contributed by atoms with E-state index in [4.69, 9.17) is 16.3 Å². The van der Waals surface area contributed by atoms with Crippen LogP contribution in [0.15, 0.2) is 36.4 Å². The van der Waals surface area contributed by atoms with Crippen LogP contribution in [0, 0.1) is 24.0 Å². The largest absolute Gasteiger partial charge is 0.479 e. The minimum Gasteiger partial charge on any atom is -0.479 e.